The fourth-order valence-corrected chi connectivity index (χ4v) is 6.72. The molecular weight excluding hydrogens is 454 g/mol. The van der Waals surface area contributed by atoms with Crippen molar-refractivity contribution in [1.29, 1.82) is 0 Å². The number of aromatic amines is 1. The van der Waals surface area contributed by atoms with Crippen LogP contribution < -0.4 is 4.90 Å². The van der Waals surface area contributed by atoms with Crippen molar-refractivity contribution in [2.75, 3.05) is 50.7 Å². The number of imidazole rings is 1. The fourth-order valence-electron chi connectivity index (χ4n) is 5.39. The summed E-state index contributed by atoms with van der Waals surface area (Å²) in [6.45, 7) is 7.65. The smallest absolute Gasteiger partial charge is 0.312 e. The number of nitrogens with one attached hydrogen (secondary N) is 1. The predicted octanol–water partition coefficient (Wildman–Crippen LogP) is 2.02. The highest BCUT2D eigenvalue weighted by Crippen LogP contribution is 2.44. The minimum atomic E-state index is -3.62. The highest BCUT2D eigenvalue weighted by Gasteiger charge is 2.51. The molecule has 34 heavy (non-hydrogen) atoms. The molecule has 9 nitrogen and oxygen atoms in total. The zero-order valence-electron chi connectivity index (χ0n) is 19.6. The average Bonchev–Trinajstić information content (AvgIpc) is 3.49. The Morgan fingerprint density at radius 3 is 2.44 bits per heavy atom. The van der Waals surface area contributed by atoms with E-state index in [-0.39, 0.29) is 17.1 Å². The maximum atomic E-state index is 12.8. The van der Waals surface area contributed by atoms with Gasteiger partial charge in [0, 0.05) is 64.1 Å². The van der Waals surface area contributed by atoms with Gasteiger partial charge in [0.1, 0.15) is 6.10 Å². The van der Waals surface area contributed by atoms with Gasteiger partial charge in [0.25, 0.3) is 10.0 Å². The number of aromatic nitrogens is 2. The summed E-state index contributed by atoms with van der Waals surface area (Å²) in [6, 6.07) is 8.69. The van der Waals surface area contributed by atoms with Crippen LogP contribution in [-0.2, 0) is 19.6 Å². The van der Waals surface area contributed by atoms with Crippen LogP contribution in [0.15, 0.2) is 41.8 Å². The SMILES string of the molecule is Cc1ccc(N2CCN(CCC3CC4(CCN(S(=O)(=O)c5c[nH]cn5)CC4)C(=O)O3)CC2)cc1. The molecule has 3 aliphatic heterocycles. The molecule has 4 heterocycles. The van der Waals surface area contributed by atoms with E-state index < -0.39 is 15.4 Å². The second kappa shape index (κ2) is 9.31. The van der Waals surface area contributed by atoms with Crippen molar-refractivity contribution in [3.63, 3.8) is 0 Å². The lowest BCUT2D eigenvalue weighted by molar-refractivity contribution is -0.150. The lowest BCUT2D eigenvalue weighted by Crippen LogP contribution is -2.47. The maximum absolute atomic E-state index is 12.8. The summed E-state index contributed by atoms with van der Waals surface area (Å²) in [5.41, 5.74) is 2.00. The van der Waals surface area contributed by atoms with Crippen LogP contribution in [0.2, 0.25) is 0 Å². The Kier molecular flexibility index (Phi) is 6.39. The number of cyclic esters (lactones) is 1. The highest BCUT2D eigenvalue weighted by molar-refractivity contribution is 7.89. The number of anilines is 1. The van der Waals surface area contributed by atoms with Gasteiger partial charge in [-0.05, 0) is 38.3 Å². The van der Waals surface area contributed by atoms with Crippen LogP contribution in [0.5, 0.6) is 0 Å². The van der Waals surface area contributed by atoms with Crippen molar-refractivity contribution in [2.45, 2.75) is 43.7 Å². The first-order valence-corrected chi connectivity index (χ1v) is 13.5. The normalized spacial score (nSPS) is 24.0. The third-order valence-corrected chi connectivity index (χ3v) is 9.42. The number of ether oxygens (including phenoxy) is 1. The minimum absolute atomic E-state index is 0.0257. The van der Waals surface area contributed by atoms with Gasteiger partial charge in [-0.2, -0.15) is 4.31 Å². The lowest BCUT2D eigenvalue weighted by Gasteiger charge is -2.36. The average molecular weight is 488 g/mol. The number of carbonyl (C=O) groups is 1. The van der Waals surface area contributed by atoms with Crippen molar-refractivity contribution in [2.24, 2.45) is 5.41 Å². The molecular formula is C24H33N5O4S. The molecule has 3 aliphatic rings. The molecule has 0 saturated carbocycles. The summed E-state index contributed by atoms with van der Waals surface area (Å²) in [7, 11) is -3.62. The van der Waals surface area contributed by atoms with E-state index in [1.165, 1.54) is 28.1 Å². The van der Waals surface area contributed by atoms with Gasteiger partial charge in [0.2, 0.25) is 0 Å². The van der Waals surface area contributed by atoms with Gasteiger partial charge < -0.3 is 14.6 Å². The summed E-state index contributed by atoms with van der Waals surface area (Å²) >= 11 is 0. The quantitative estimate of drug-likeness (QED) is 0.623. The van der Waals surface area contributed by atoms with E-state index in [2.05, 4.69) is 51.0 Å². The van der Waals surface area contributed by atoms with Crippen molar-refractivity contribution in [3.8, 4) is 0 Å². The molecule has 184 valence electrons. The zero-order chi connectivity index (χ0) is 23.8. The molecule has 0 aliphatic carbocycles. The molecule has 2 aromatic rings. The Hall–Kier alpha value is -2.43. The minimum Gasteiger partial charge on any atom is -0.462 e. The van der Waals surface area contributed by atoms with E-state index in [1.807, 2.05) is 0 Å². The Labute approximate surface area is 201 Å². The largest absolute Gasteiger partial charge is 0.462 e. The van der Waals surface area contributed by atoms with Gasteiger partial charge in [-0.1, -0.05) is 17.7 Å². The van der Waals surface area contributed by atoms with E-state index in [1.54, 1.807) is 0 Å². The first-order valence-electron chi connectivity index (χ1n) is 12.1. The van der Waals surface area contributed by atoms with Crippen LogP contribution in [0.3, 0.4) is 0 Å². The number of hydrogen-bond donors (Lipinski definition) is 1. The van der Waals surface area contributed by atoms with E-state index >= 15 is 0 Å². The van der Waals surface area contributed by atoms with Gasteiger partial charge in [-0.3, -0.25) is 9.69 Å². The molecule has 0 bridgehead atoms. The molecule has 1 N–H and O–H groups in total. The number of aryl methyl sites for hydroxylation is 1. The van der Waals surface area contributed by atoms with Crippen LogP contribution in [0.25, 0.3) is 0 Å². The van der Waals surface area contributed by atoms with E-state index in [0.29, 0.717) is 32.4 Å². The first-order chi connectivity index (χ1) is 16.4. The second-order valence-corrected chi connectivity index (χ2v) is 11.7. The summed E-state index contributed by atoms with van der Waals surface area (Å²) in [6.07, 6.45) is 5.18. The molecule has 5 rings (SSSR count). The van der Waals surface area contributed by atoms with E-state index in [0.717, 1.165) is 39.1 Å². The third-order valence-electron chi connectivity index (χ3n) is 7.62. The Morgan fingerprint density at radius 1 is 1.09 bits per heavy atom. The van der Waals surface area contributed by atoms with Crippen molar-refractivity contribution < 1.29 is 17.9 Å². The number of esters is 1. The molecule has 3 saturated heterocycles. The van der Waals surface area contributed by atoms with Gasteiger partial charge in [-0.15, -0.1) is 0 Å². The molecule has 3 fully saturated rings. The lowest BCUT2D eigenvalue weighted by atomic mass is 9.76. The molecule has 10 heteroatoms. The van der Waals surface area contributed by atoms with Crippen molar-refractivity contribution in [3.05, 3.63) is 42.4 Å². The van der Waals surface area contributed by atoms with Gasteiger partial charge in [-0.25, -0.2) is 13.4 Å². The number of nitrogens with zero attached hydrogens (tertiary/aromatic N) is 4. The van der Waals surface area contributed by atoms with Crippen LogP contribution in [0, 0.1) is 12.3 Å². The molecule has 0 amide bonds. The number of H-pyrrole nitrogens is 1. The molecule has 1 aromatic heterocycles. The fraction of sp³-hybridized carbons (Fsp3) is 0.583. The molecule has 1 unspecified atom stereocenters. The van der Waals surface area contributed by atoms with Crippen LogP contribution >= 0.6 is 0 Å². The summed E-state index contributed by atoms with van der Waals surface area (Å²) < 4.78 is 32.7. The van der Waals surface area contributed by atoms with Gasteiger partial charge in [0.15, 0.2) is 5.03 Å². The number of carbonyl (C=O) groups excluding carboxylic acids is 1. The maximum Gasteiger partial charge on any atom is 0.312 e. The van der Waals surface area contributed by atoms with Crippen molar-refractivity contribution in [1.82, 2.24) is 19.2 Å². The third kappa shape index (κ3) is 4.58. The number of sulfonamides is 1. The Balaban J connectivity index is 1.09. The zero-order valence-corrected chi connectivity index (χ0v) is 20.5. The van der Waals surface area contributed by atoms with Crippen LogP contribution in [0.1, 0.15) is 31.2 Å². The first kappa shape index (κ1) is 23.3. The number of benzene rings is 1. The Bertz CT molecular complexity index is 1090. The number of piperidine rings is 1. The van der Waals surface area contributed by atoms with E-state index in [4.69, 9.17) is 4.74 Å². The topological polar surface area (TPSA) is 98.8 Å². The molecule has 1 atom stereocenters. The molecule has 0 radical (unpaired) electrons. The van der Waals surface area contributed by atoms with Crippen LogP contribution in [0.4, 0.5) is 5.69 Å². The summed E-state index contributed by atoms with van der Waals surface area (Å²) in [5, 5.41) is 0.0257. The summed E-state index contributed by atoms with van der Waals surface area (Å²) in [5.74, 6) is -0.154. The van der Waals surface area contributed by atoms with Crippen molar-refractivity contribution >= 4 is 21.7 Å². The van der Waals surface area contributed by atoms with Crippen LogP contribution in [-0.4, -0.2) is 85.5 Å². The Morgan fingerprint density at radius 2 is 1.79 bits per heavy atom. The van der Waals surface area contributed by atoms with Gasteiger partial charge in [0.05, 0.1) is 11.7 Å². The number of rotatable bonds is 6. The number of hydrogen-bond acceptors (Lipinski definition) is 7. The number of piperazine rings is 1. The standard InChI is InChI=1S/C24H33N5O4S/c1-19-2-4-20(5-3-19)28-14-12-27(13-15-28)9-6-21-16-24(23(30)33-21)7-10-29(11-8-24)34(31,32)22-17-25-18-26-22/h2-5,17-18,21H,6-16H2,1H3,(H,25,26). The predicted molar refractivity (Wildman–Crippen MR) is 128 cm³/mol. The monoisotopic (exact) mass is 487 g/mol. The molecule has 1 spiro atoms. The molecule has 1 aromatic carbocycles. The summed E-state index contributed by atoms with van der Waals surface area (Å²) in [4.78, 5) is 24.2. The highest BCUT2D eigenvalue weighted by atomic mass is 32.2. The second-order valence-electron chi connectivity index (χ2n) is 9.78. The van der Waals surface area contributed by atoms with Gasteiger partial charge >= 0.3 is 5.97 Å². The van der Waals surface area contributed by atoms with E-state index in [9.17, 15) is 13.2 Å².